The van der Waals surface area contributed by atoms with E-state index in [1.54, 1.807) is 36.4 Å². The van der Waals surface area contributed by atoms with E-state index >= 15 is 0 Å². The Balaban J connectivity index is 1.67. The van der Waals surface area contributed by atoms with Crippen LogP contribution in [0.5, 0.6) is 5.75 Å². The lowest BCUT2D eigenvalue weighted by Gasteiger charge is -2.29. The fourth-order valence-electron chi connectivity index (χ4n) is 3.56. The topological polar surface area (TPSA) is 69.6 Å². The van der Waals surface area contributed by atoms with Crippen LogP contribution in [0.3, 0.4) is 0 Å². The number of nitrogens with one attached hydrogen (secondary N) is 1. The number of anilines is 4. The quantitative estimate of drug-likeness (QED) is 0.403. The van der Waals surface area contributed by atoms with E-state index in [9.17, 15) is 23.5 Å². The van der Waals surface area contributed by atoms with Crippen LogP contribution in [0.1, 0.15) is 18.4 Å². The molecule has 4 aromatic carbocycles. The summed E-state index contributed by atoms with van der Waals surface area (Å²) in [6, 6.07) is 19.4. The van der Waals surface area contributed by atoms with E-state index in [0.29, 0.717) is 12.2 Å². The van der Waals surface area contributed by atoms with E-state index in [0.717, 1.165) is 16.9 Å². The van der Waals surface area contributed by atoms with E-state index in [2.05, 4.69) is 5.32 Å². The largest absolute Gasteiger partial charge is 0.502 e. The molecule has 162 valence electrons. The molecule has 4 rings (SSSR count). The molecule has 1 unspecified atom stereocenters. The maximum absolute atomic E-state index is 13.7. The average molecular weight is 434 g/mol. The van der Waals surface area contributed by atoms with Gasteiger partial charge in [0.05, 0.1) is 0 Å². The molecule has 0 radical (unpaired) electrons. The average Bonchev–Trinajstić information content (AvgIpc) is 2.81. The van der Waals surface area contributed by atoms with Gasteiger partial charge in [-0.1, -0.05) is 25.1 Å². The highest BCUT2D eigenvalue weighted by Crippen LogP contribution is 2.32. The molecule has 0 fully saturated rings. The molecule has 0 aliphatic heterocycles. The van der Waals surface area contributed by atoms with Crippen LogP contribution in [-0.2, 0) is 0 Å². The van der Waals surface area contributed by atoms with Gasteiger partial charge in [-0.3, -0.25) is 9.59 Å². The summed E-state index contributed by atoms with van der Waals surface area (Å²) < 4.78 is 27.2. The predicted molar refractivity (Wildman–Crippen MR) is 121 cm³/mol. The Labute approximate surface area is 182 Å². The van der Waals surface area contributed by atoms with Gasteiger partial charge in [0, 0.05) is 23.6 Å². The molecule has 0 heterocycles. The minimum absolute atomic E-state index is 0.0649. The molecule has 0 spiro atoms. The van der Waals surface area contributed by atoms with E-state index in [1.807, 2.05) is 24.0 Å². The highest BCUT2D eigenvalue weighted by molar-refractivity contribution is 5.73. The molecule has 7 heteroatoms. The summed E-state index contributed by atoms with van der Waals surface area (Å²) in [5.74, 6) is -1.33. The molecular formula is C25H20F2N2O3. The lowest BCUT2D eigenvalue weighted by Crippen LogP contribution is -2.32. The van der Waals surface area contributed by atoms with Crippen molar-refractivity contribution in [3.8, 4) is 5.75 Å². The SMILES string of the molecule is CC(CN(c1ccc(F)cc1)c1cccc(Nc2c(O)c(=O)c2=O)c1)c1cccc(F)c1. The van der Waals surface area contributed by atoms with E-state index < -0.39 is 16.6 Å². The Morgan fingerprint density at radius 3 is 2.28 bits per heavy atom. The third-order valence-electron chi connectivity index (χ3n) is 5.32. The third kappa shape index (κ3) is 4.23. The van der Waals surface area contributed by atoms with Gasteiger partial charge < -0.3 is 15.3 Å². The number of nitrogens with zero attached hydrogens (tertiary/aromatic N) is 1. The lowest BCUT2D eigenvalue weighted by atomic mass is 9.99. The van der Waals surface area contributed by atoms with Gasteiger partial charge in [-0.2, -0.15) is 0 Å². The Hall–Kier alpha value is -4.00. The van der Waals surface area contributed by atoms with Crippen LogP contribution in [0.25, 0.3) is 0 Å². The monoisotopic (exact) mass is 434 g/mol. The van der Waals surface area contributed by atoms with Crippen molar-refractivity contribution in [3.63, 3.8) is 0 Å². The highest BCUT2D eigenvalue weighted by Gasteiger charge is 2.21. The molecule has 0 bridgehead atoms. The van der Waals surface area contributed by atoms with E-state index in [-0.39, 0.29) is 23.2 Å². The van der Waals surface area contributed by atoms with Crippen LogP contribution in [0.2, 0.25) is 0 Å². The first-order chi connectivity index (χ1) is 15.3. The molecule has 0 amide bonds. The van der Waals surface area contributed by atoms with Crippen LogP contribution in [0, 0.1) is 11.6 Å². The summed E-state index contributed by atoms with van der Waals surface area (Å²) in [6.45, 7) is 2.43. The molecule has 0 saturated heterocycles. The van der Waals surface area contributed by atoms with Crippen molar-refractivity contribution in [3.05, 3.63) is 110 Å². The highest BCUT2D eigenvalue weighted by atomic mass is 19.1. The molecule has 32 heavy (non-hydrogen) atoms. The second-order valence-corrected chi connectivity index (χ2v) is 7.60. The van der Waals surface area contributed by atoms with Crippen LogP contribution in [-0.4, -0.2) is 11.7 Å². The zero-order chi connectivity index (χ0) is 22.8. The van der Waals surface area contributed by atoms with Gasteiger partial charge in [0.1, 0.15) is 17.3 Å². The van der Waals surface area contributed by atoms with E-state index in [1.165, 1.54) is 24.3 Å². The van der Waals surface area contributed by atoms with Gasteiger partial charge >= 0.3 is 0 Å². The summed E-state index contributed by atoms with van der Waals surface area (Å²) >= 11 is 0. The maximum Gasteiger partial charge on any atom is 0.271 e. The number of hydrogen-bond acceptors (Lipinski definition) is 5. The molecule has 0 aliphatic rings. The third-order valence-corrected chi connectivity index (χ3v) is 5.32. The van der Waals surface area contributed by atoms with Gasteiger partial charge in [0.2, 0.25) is 0 Å². The maximum atomic E-state index is 13.7. The fraction of sp³-hybridized carbons (Fsp3) is 0.120. The fourth-order valence-corrected chi connectivity index (χ4v) is 3.56. The molecular weight excluding hydrogens is 414 g/mol. The van der Waals surface area contributed by atoms with Gasteiger partial charge in [-0.25, -0.2) is 8.78 Å². The normalized spacial score (nSPS) is 12.0. The Kier molecular flexibility index (Phi) is 5.73. The molecule has 0 saturated carbocycles. The van der Waals surface area contributed by atoms with Gasteiger partial charge in [-0.15, -0.1) is 0 Å². The second-order valence-electron chi connectivity index (χ2n) is 7.60. The van der Waals surface area contributed by atoms with E-state index in [4.69, 9.17) is 0 Å². The molecule has 0 aromatic heterocycles. The van der Waals surface area contributed by atoms with Crippen molar-refractivity contribution >= 4 is 22.7 Å². The number of aromatic hydroxyl groups is 1. The minimum atomic E-state index is -0.916. The smallest absolute Gasteiger partial charge is 0.271 e. The molecule has 1 atom stereocenters. The molecule has 5 nitrogen and oxygen atoms in total. The van der Waals surface area contributed by atoms with Gasteiger partial charge in [0.25, 0.3) is 10.9 Å². The van der Waals surface area contributed by atoms with Crippen molar-refractivity contribution in [2.75, 3.05) is 16.8 Å². The Morgan fingerprint density at radius 2 is 1.59 bits per heavy atom. The van der Waals surface area contributed by atoms with Gasteiger partial charge in [-0.05, 0) is 66.1 Å². The van der Waals surface area contributed by atoms with Crippen LogP contribution in [0.15, 0.2) is 82.4 Å². The minimum Gasteiger partial charge on any atom is -0.502 e. The number of rotatable bonds is 7. The zero-order valence-corrected chi connectivity index (χ0v) is 17.2. The molecule has 2 N–H and O–H groups in total. The summed E-state index contributed by atoms with van der Waals surface area (Å²) in [5.41, 5.74) is 0.930. The van der Waals surface area contributed by atoms with Gasteiger partial charge in [0.15, 0.2) is 5.75 Å². The molecule has 0 aliphatic carbocycles. The van der Waals surface area contributed by atoms with Crippen molar-refractivity contribution in [1.82, 2.24) is 0 Å². The number of hydrogen-bond donors (Lipinski definition) is 2. The standard InChI is InChI=1S/C25H20F2N2O3/c1-15(16-4-2-5-18(27)12-16)14-29(20-10-8-17(26)9-11-20)21-7-3-6-19(13-21)28-22-23(30)25(32)24(22)31/h2-13,15,28,30H,14H2,1H3. The summed E-state index contributed by atoms with van der Waals surface area (Å²) in [5, 5.41) is 12.4. The Bertz CT molecular complexity index is 1330. The van der Waals surface area contributed by atoms with Crippen molar-refractivity contribution < 1.29 is 13.9 Å². The number of halogens is 2. The first kappa shape index (κ1) is 21.2. The number of benzene rings is 3. The summed E-state index contributed by atoms with van der Waals surface area (Å²) in [6.07, 6.45) is 0. The predicted octanol–water partition coefficient (Wildman–Crippen LogP) is 4.95. The van der Waals surface area contributed by atoms with Crippen molar-refractivity contribution in [2.24, 2.45) is 0 Å². The summed E-state index contributed by atoms with van der Waals surface area (Å²) in [4.78, 5) is 24.9. The molecule has 4 aromatic rings. The summed E-state index contributed by atoms with van der Waals surface area (Å²) in [7, 11) is 0. The Morgan fingerprint density at radius 1 is 0.875 bits per heavy atom. The van der Waals surface area contributed by atoms with Crippen LogP contribution in [0.4, 0.5) is 31.5 Å². The lowest BCUT2D eigenvalue weighted by molar-refractivity contribution is 0.466. The second kappa shape index (κ2) is 8.63. The first-order valence-electron chi connectivity index (χ1n) is 10.0. The van der Waals surface area contributed by atoms with Crippen LogP contribution >= 0.6 is 0 Å². The van der Waals surface area contributed by atoms with Crippen molar-refractivity contribution in [1.29, 1.82) is 0 Å². The zero-order valence-electron chi connectivity index (χ0n) is 17.2. The first-order valence-corrected chi connectivity index (χ1v) is 10.0. The van der Waals surface area contributed by atoms with Crippen molar-refractivity contribution in [2.45, 2.75) is 12.8 Å². The van der Waals surface area contributed by atoms with Crippen LogP contribution < -0.4 is 21.1 Å².